The Bertz CT molecular complexity index is 1080. The Morgan fingerprint density at radius 2 is 1.43 bits per heavy atom. The third-order valence-corrected chi connectivity index (χ3v) is 11.1. The number of hydrogen-bond acceptors (Lipinski definition) is 1. The number of alkyl halides is 9. The van der Waals surface area contributed by atoms with Gasteiger partial charge in [-0.05, 0) is 131 Å². The molecule has 0 aliphatic heterocycles. The SMILES string of the molecule is CN(CCCCCCC(F)(F)C(F)(F)C(F)(F)C(F)(F)F)CCCCCc1ccc2c(c1)CC[C@@H]1[C@@H]2CC[C@]2(C)CCC[C@@H]12. The molecule has 1 aromatic rings. The lowest BCUT2D eigenvalue weighted by Crippen LogP contribution is -2.60. The predicted octanol–water partition coefficient (Wildman–Crippen LogP) is 11.0. The lowest BCUT2D eigenvalue weighted by Gasteiger charge is -2.49. The summed E-state index contributed by atoms with van der Waals surface area (Å²) < 4.78 is 117. The first-order valence-corrected chi connectivity index (χ1v) is 16.5. The van der Waals surface area contributed by atoms with Crippen molar-refractivity contribution in [1.82, 2.24) is 4.90 Å². The zero-order chi connectivity index (χ0) is 32.4. The molecule has 0 radical (unpaired) electrons. The first-order chi connectivity index (χ1) is 20.5. The van der Waals surface area contributed by atoms with Crippen molar-refractivity contribution in [3.05, 3.63) is 34.9 Å². The van der Waals surface area contributed by atoms with E-state index < -0.39 is 36.8 Å². The fraction of sp³-hybridized carbons (Fsp3) is 0.824. The molecule has 0 amide bonds. The standard InChI is InChI=1S/C34H48F9N/c1-30-18-10-12-29(30)28-16-14-25-23-24(13-15-26(25)27(28)17-20-30)11-6-5-9-22-44(2)21-8-4-3-7-19-31(35,36)32(37,38)33(39,40)34(41,42)43/h13,15,23,27-29H,3-12,14,16-22H2,1-2H3/t27-,28-,29+,30+/m1/s1. The van der Waals surface area contributed by atoms with Crippen molar-refractivity contribution in [2.75, 3.05) is 20.1 Å². The van der Waals surface area contributed by atoms with E-state index in [1.165, 1.54) is 50.5 Å². The summed E-state index contributed by atoms with van der Waals surface area (Å²) in [4.78, 5) is 2.10. The van der Waals surface area contributed by atoms with E-state index in [1.807, 2.05) is 7.05 Å². The van der Waals surface area contributed by atoms with Gasteiger partial charge in [0.15, 0.2) is 0 Å². The molecule has 2 fully saturated rings. The summed E-state index contributed by atoms with van der Waals surface area (Å²) in [6, 6.07) is 7.19. The molecule has 2 saturated carbocycles. The molecule has 0 spiro atoms. The molecule has 44 heavy (non-hydrogen) atoms. The lowest BCUT2D eigenvalue weighted by atomic mass is 9.56. The molecule has 0 unspecified atom stereocenters. The van der Waals surface area contributed by atoms with Crippen LogP contribution in [0.15, 0.2) is 18.2 Å². The minimum Gasteiger partial charge on any atom is -0.306 e. The molecule has 1 nitrogen and oxygen atoms in total. The topological polar surface area (TPSA) is 3.24 Å². The van der Waals surface area contributed by atoms with E-state index in [0.717, 1.165) is 50.0 Å². The van der Waals surface area contributed by atoms with Crippen LogP contribution in [0.4, 0.5) is 39.5 Å². The van der Waals surface area contributed by atoms with Crippen molar-refractivity contribution < 1.29 is 39.5 Å². The van der Waals surface area contributed by atoms with E-state index >= 15 is 0 Å². The summed E-state index contributed by atoms with van der Waals surface area (Å²) in [6.45, 7) is 4.04. The zero-order valence-corrected chi connectivity index (χ0v) is 26.0. The average molecular weight is 642 g/mol. The largest absolute Gasteiger partial charge is 0.460 e. The number of unbranched alkanes of at least 4 members (excludes halogenated alkanes) is 5. The third kappa shape index (κ3) is 7.41. The predicted molar refractivity (Wildman–Crippen MR) is 155 cm³/mol. The van der Waals surface area contributed by atoms with Gasteiger partial charge in [0.25, 0.3) is 0 Å². The molecular weight excluding hydrogens is 593 g/mol. The second-order valence-corrected chi connectivity index (χ2v) is 14.2. The number of hydrogen-bond donors (Lipinski definition) is 0. The molecule has 1 aromatic carbocycles. The molecule has 4 rings (SSSR count). The number of nitrogens with zero attached hydrogens (tertiary/aromatic N) is 1. The van der Waals surface area contributed by atoms with Crippen molar-refractivity contribution in [1.29, 1.82) is 0 Å². The Morgan fingerprint density at radius 1 is 0.773 bits per heavy atom. The average Bonchev–Trinajstić information content (AvgIpc) is 3.35. The number of rotatable bonds is 15. The van der Waals surface area contributed by atoms with Gasteiger partial charge < -0.3 is 4.90 Å². The molecule has 0 aromatic heterocycles. The van der Waals surface area contributed by atoms with Crippen LogP contribution in [0.1, 0.15) is 119 Å². The molecule has 10 heteroatoms. The van der Waals surface area contributed by atoms with E-state index in [4.69, 9.17) is 0 Å². The van der Waals surface area contributed by atoms with Crippen molar-refractivity contribution in [3.8, 4) is 0 Å². The van der Waals surface area contributed by atoms with Gasteiger partial charge in [-0.3, -0.25) is 0 Å². The highest BCUT2D eigenvalue weighted by Gasteiger charge is 2.81. The number of aryl methyl sites for hydroxylation is 2. The molecule has 3 aliphatic rings. The summed E-state index contributed by atoms with van der Waals surface area (Å²) in [7, 11) is 1.93. The zero-order valence-electron chi connectivity index (χ0n) is 26.0. The van der Waals surface area contributed by atoms with Crippen LogP contribution in [0.3, 0.4) is 0 Å². The molecule has 3 aliphatic carbocycles. The smallest absolute Gasteiger partial charge is 0.306 e. The van der Waals surface area contributed by atoms with Crippen LogP contribution < -0.4 is 0 Å². The van der Waals surface area contributed by atoms with Gasteiger partial charge in [-0.15, -0.1) is 0 Å². The number of benzene rings is 1. The summed E-state index contributed by atoms with van der Waals surface area (Å²) in [5.41, 5.74) is 5.14. The Labute approximate surface area is 256 Å². The maximum Gasteiger partial charge on any atom is 0.460 e. The molecule has 252 valence electrons. The molecule has 4 atom stereocenters. The van der Waals surface area contributed by atoms with Gasteiger partial charge in [0, 0.05) is 6.42 Å². The van der Waals surface area contributed by atoms with Crippen LogP contribution in [-0.4, -0.2) is 49.0 Å². The quantitative estimate of drug-likeness (QED) is 0.136. The molecule has 0 bridgehead atoms. The van der Waals surface area contributed by atoms with Crippen molar-refractivity contribution >= 4 is 0 Å². The fourth-order valence-electron chi connectivity index (χ4n) is 8.43. The van der Waals surface area contributed by atoms with Crippen LogP contribution in [0, 0.1) is 17.3 Å². The Kier molecular flexibility index (Phi) is 11.0. The van der Waals surface area contributed by atoms with Crippen molar-refractivity contribution in [2.45, 2.75) is 140 Å². The highest BCUT2D eigenvalue weighted by atomic mass is 19.4. The Hall–Kier alpha value is -1.45. The van der Waals surface area contributed by atoms with Crippen LogP contribution in [0.2, 0.25) is 0 Å². The summed E-state index contributed by atoms with van der Waals surface area (Å²) in [5, 5.41) is 0. The highest BCUT2D eigenvalue weighted by molar-refractivity contribution is 5.38. The minimum atomic E-state index is -6.80. The van der Waals surface area contributed by atoms with Gasteiger partial charge in [-0.1, -0.05) is 50.8 Å². The van der Waals surface area contributed by atoms with E-state index in [1.54, 1.807) is 11.1 Å². The van der Waals surface area contributed by atoms with E-state index in [2.05, 4.69) is 30.0 Å². The first kappa shape index (κ1) is 35.4. The van der Waals surface area contributed by atoms with Crippen LogP contribution in [0.25, 0.3) is 0 Å². The lowest BCUT2D eigenvalue weighted by molar-refractivity contribution is -0.396. The Morgan fingerprint density at radius 3 is 2.11 bits per heavy atom. The van der Waals surface area contributed by atoms with E-state index in [0.29, 0.717) is 24.8 Å². The third-order valence-electron chi connectivity index (χ3n) is 11.1. The second-order valence-electron chi connectivity index (χ2n) is 14.2. The fourth-order valence-corrected chi connectivity index (χ4v) is 8.43. The van der Waals surface area contributed by atoms with E-state index in [-0.39, 0.29) is 6.42 Å². The summed E-state index contributed by atoms with van der Waals surface area (Å²) in [5.74, 6) is -16.3. The molecule has 0 saturated heterocycles. The highest BCUT2D eigenvalue weighted by Crippen LogP contribution is 2.61. The summed E-state index contributed by atoms with van der Waals surface area (Å²) >= 11 is 0. The first-order valence-electron chi connectivity index (χ1n) is 16.5. The van der Waals surface area contributed by atoms with Crippen LogP contribution in [-0.2, 0) is 12.8 Å². The molecule has 0 heterocycles. The number of halogens is 9. The molecular formula is C34H48F9N. The van der Waals surface area contributed by atoms with Gasteiger partial charge in [-0.25, -0.2) is 0 Å². The van der Waals surface area contributed by atoms with Gasteiger partial charge in [-0.2, -0.15) is 39.5 Å². The molecule has 0 N–H and O–H groups in total. The van der Waals surface area contributed by atoms with Crippen LogP contribution in [0.5, 0.6) is 0 Å². The second kappa shape index (κ2) is 13.7. The maximum atomic E-state index is 13.6. The van der Waals surface area contributed by atoms with Gasteiger partial charge in [0.2, 0.25) is 0 Å². The maximum absolute atomic E-state index is 13.6. The number of fused-ring (bicyclic) bond motifs is 5. The van der Waals surface area contributed by atoms with Crippen molar-refractivity contribution in [2.24, 2.45) is 17.3 Å². The normalized spacial score (nSPS) is 26.0. The van der Waals surface area contributed by atoms with Gasteiger partial charge in [0.1, 0.15) is 0 Å². The summed E-state index contributed by atoms with van der Waals surface area (Å²) in [6.07, 6.45) is 5.61. The Balaban J connectivity index is 1.08. The van der Waals surface area contributed by atoms with Gasteiger partial charge >= 0.3 is 23.9 Å². The minimum absolute atomic E-state index is 0.0409. The van der Waals surface area contributed by atoms with Gasteiger partial charge in [0.05, 0.1) is 0 Å². The van der Waals surface area contributed by atoms with E-state index in [9.17, 15) is 39.5 Å². The monoisotopic (exact) mass is 641 g/mol. The van der Waals surface area contributed by atoms with Crippen LogP contribution >= 0.6 is 0 Å². The van der Waals surface area contributed by atoms with Crippen molar-refractivity contribution in [3.63, 3.8) is 0 Å².